The lowest BCUT2D eigenvalue weighted by molar-refractivity contribution is 0.843. The molecule has 0 radical (unpaired) electrons. The Kier molecular flexibility index (Phi) is 12.8. The number of halogens is 5. The molecule has 0 aromatic rings. The smallest absolute Gasteiger partial charge is 0.104 e. The van der Waals surface area contributed by atoms with Crippen LogP contribution < -0.4 is 5.32 Å². The third-order valence-electron chi connectivity index (χ3n) is 0.801. The molecule has 0 aliphatic carbocycles. The number of nitrogens with one attached hydrogen (secondary N) is 1. The molecule has 0 bridgehead atoms. The zero-order valence-corrected chi connectivity index (χ0v) is 9.83. The Morgan fingerprint density at radius 3 is 1.50 bits per heavy atom. The molecule has 0 saturated heterocycles. The third-order valence-corrected chi connectivity index (χ3v) is 1.42. The van der Waals surface area contributed by atoms with Gasteiger partial charge in [-0.2, -0.15) is 0 Å². The van der Waals surface area contributed by atoms with E-state index in [1.807, 2.05) is 0 Å². The first-order valence-electron chi connectivity index (χ1n) is 2.86. The van der Waals surface area contributed by atoms with Crippen LogP contribution in [0.1, 0.15) is 0 Å². The van der Waals surface area contributed by atoms with E-state index in [9.17, 15) is 0 Å². The highest BCUT2D eigenvalue weighted by Gasteiger charge is 1.84. The Balaban J connectivity index is 0. The maximum Gasteiger partial charge on any atom is 0.104 e. The van der Waals surface area contributed by atoms with Gasteiger partial charge in [0.05, 0.1) is 0 Å². The van der Waals surface area contributed by atoms with Gasteiger partial charge in [0.25, 0.3) is 0 Å². The quantitative estimate of drug-likeness (QED) is 0.770. The molecule has 72 valence electrons. The van der Waals surface area contributed by atoms with Crippen molar-refractivity contribution in [2.45, 2.75) is 0 Å². The molecule has 0 aromatic heterocycles. The number of hydrogen-bond donors (Lipinski definition) is 1. The predicted molar refractivity (Wildman–Crippen MR) is 59.7 cm³/mol. The van der Waals surface area contributed by atoms with E-state index < -0.39 is 0 Å². The van der Waals surface area contributed by atoms with Crippen LogP contribution in [0.4, 0.5) is 0 Å². The normalized spacial score (nSPS) is 8.33. The monoisotopic (exact) mass is 269 g/mol. The Hall–Kier alpha value is 0.890. The van der Waals surface area contributed by atoms with Crippen LogP contribution in [0.15, 0.2) is 21.1 Å². The molecule has 0 aliphatic rings. The summed E-state index contributed by atoms with van der Waals surface area (Å²) in [5, 5.41) is 2.96. The van der Waals surface area contributed by atoms with Gasteiger partial charge in [0.1, 0.15) is 8.98 Å². The van der Waals surface area contributed by atoms with E-state index in [0.29, 0.717) is 13.1 Å². The average Bonchev–Trinajstić information content (AvgIpc) is 1.85. The molecule has 0 unspecified atom stereocenters. The summed E-state index contributed by atoms with van der Waals surface area (Å²) < 4.78 is 0.497. The van der Waals surface area contributed by atoms with Crippen molar-refractivity contribution in [3.8, 4) is 0 Å². The Labute approximate surface area is 98.1 Å². The van der Waals surface area contributed by atoms with E-state index in [1.165, 1.54) is 0 Å². The van der Waals surface area contributed by atoms with Gasteiger partial charge in [-0.25, -0.2) is 0 Å². The van der Waals surface area contributed by atoms with Gasteiger partial charge >= 0.3 is 0 Å². The van der Waals surface area contributed by atoms with Gasteiger partial charge in [-0.05, 0) is 12.2 Å². The van der Waals surface area contributed by atoms with Crippen LogP contribution in [0, 0.1) is 0 Å². The van der Waals surface area contributed by atoms with Crippen molar-refractivity contribution in [1.82, 2.24) is 5.32 Å². The van der Waals surface area contributed by atoms with Gasteiger partial charge in [0, 0.05) is 13.1 Å². The van der Waals surface area contributed by atoms with Gasteiger partial charge in [0.2, 0.25) is 0 Å². The molecule has 0 aromatic carbocycles. The van der Waals surface area contributed by atoms with E-state index in [-0.39, 0.29) is 21.4 Å². The highest BCUT2D eigenvalue weighted by molar-refractivity contribution is 6.56. The molecule has 1 N–H and O–H groups in total. The Morgan fingerprint density at radius 1 is 0.917 bits per heavy atom. The van der Waals surface area contributed by atoms with Crippen molar-refractivity contribution in [2.75, 3.05) is 13.1 Å². The summed E-state index contributed by atoms with van der Waals surface area (Å²) in [7, 11) is 0. The molecule has 0 atom stereocenters. The van der Waals surface area contributed by atoms with Crippen molar-refractivity contribution in [2.24, 2.45) is 0 Å². The van der Waals surface area contributed by atoms with Gasteiger partial charge in [-0.3, -0.25) is 0 Å². The molecule has 0 saturated carbocycles. The van der Waals surface area contributed by atoms with Crippen molar-refractivity contribution in [1.29, 1.82) is 0 Å². The molecule has 0 aliphatic heterocycles. The zero-order valence-electron chi connectivity index (χ0n) is 5.99. The van der Waals surface area contributed by atoms with E-state index in [2.05, 4.69) is 5.32 Å². The first-order chi connectivity index (χ1) is 5.13. The number of hydrogen-bond acceptors (Lipinski definition) is 1. The van der Waals surface area contributed by atoms with Gasteiger partial charge in [0.15, 0.2) is 0 Å². The summed E-state index contributed by atoms with van der Waals surface area (Å²) in [6.07, 6.45) is 3.28. The fraction of sp³-hybridized carbons (Fsp3) is 0.333. The third kappa shape index (κ3) is 13.5. The summed E-state index contributed by atoms with van der Waals surface area (Å²) in [5.41, 5.74) is 0. The molecule has 0 amide bonds. The average molecular weight is 271 g/mol. The second kappa shape index (κ2) is 9.97. The molecule has 0 fully saturated rings. The van der Waals surface area contributed by atoms with Crippen molar-refractivity contribution in [3.63, 3.8) is 0 Å². The topological polar surface area (TPSA) is 12.0 Å². The first kappa shape index (κ1) is 15.4. The molecule has 0 rings (SSSR count). The van der Waals surface area contributed by atoms with Crippen LogP contribution in [-0.4, -0.2) is 13.1 Å². The maximum atomic E-state index is 5.34. The lowest BCUT2D eigenvalue weighted by atomic mass is 10.5. The Morgan fingerprint density at radius 2 is 1.25 bits per heavy atom. The molecule has 6 heteroatoms. The summed E-state index contributed by atoms with van der Waals surface area (Å²) in [4.78, 5) is 0. The Bertz CT molecular complexity index is 139. The molecular formula is C6H8Cl5N. The van der Waals surface area contributed by atoms with E-state index in [0.717, 1.165) is 0 Å². The van der Waals surface area contributed by atoms with Gasteiger partial charge in [-0.15, -0.1) is 12.4 Å². The minimum Gasteiger partial charge on any atom is -0.310 e. The second-order valence-electron chi connectivity index (χ2n) is 1.65. The van der Waals surface area contributed by atoms with Crippen molar-refractivity contribution < 1.29 is 0 Å². The van der Waals surface area contributed by atoms with Crippen molar-refractivity contribution >= 4 is 58.8 Å². The van der Waals surface area contributed by atoms with Crippen LogP contribution in [-0.2, 0) is 0 Å². The molecule has 0 heterocycles. The molecule has 0 spiro atoms. The lowest BCUT2D eigenvalue weighted by Crippen LogP contribution is -2.12. The molecule has 1 nitrogen and oxygen atoms in total. The van der Waals surface area contributed by atoms with Crippen LogP contribution in [0.3, 0.4) is 0 Å². The molecule has 12 heavy (non-hydrogen) atoms. The van der Waals surface area contributed by atoms with E-state index in [1.54, 1.807) is 12.2 Å². The summed E-state index contributed by atoms with van der Waals surface area (Å²) >= 11 is 21.4. The first-order valence-corrected chi connectivity index (χ1v) is 4.37. The molecular weight excluding hydrogens is 263 g/mol. The number of rotatable bonds is 4. The zero-order chi connectivity index (χ0) is 8.69. The standard InChI is InChI=1S/C6H7Cl4N.ClH/c7-5(8)1-3-11-4-2-6(9)10;/h1-2,11H,3-4H2;1H. The van der Waals surface area contributed by atoms with Gasteiger partial charge < -0.3 is 5.32 Å². The minimum absolute atomic E-state index is 0. The summed E-state index contributed by atoms with van der Waals surface area (Å²) in [5.74, 6) is 0. The fourth-order valence-corrected chi connectivity index (χ4v) is 0.691. The van der Waals surface area contributed by atoms with Crippen LogP contribution in [0.25, 0.3) is 0 Å². The SMILES string of the molecule is Cl.ClC(Cl)=CCNCC=C(Cl)Cl. The summed E-state index contributed by atoms with van der Waals surface area (Å²) in [6, 6.07) is 0. The largest absolute Gasteiger partial charge is 0.310 e. The minimum atomic E-state index is 0. The van der Waals surface area contributed by atoms with Gasteiger partial charge in [-0.1, -0.05) is 46.4 Å². The lowest BCUT2D eigenvalue weighted by Gasteiger charge is -1.94. The summed E-state index contributed by atoms with van der Waals surface area (Å²) in [6.45, 7) is 1.19. The van der Waals surface area contributed by atoms with Crippen LogP contribution >= 0.6 is 58.8 Å². The van der Waals surface area contributed by atoms with E-state index in [4.69, 9.17) is 46.4 Å². The highest BCUT2D eigenvalue weighted by Crippen LogP contribution is 2.05. The van der Waals surface area contributed by atoms with Crippen LogP contribution in [0.2, 0.25) is 0 Å². The van der Waals surface area contributed by atoms with E-state index >= 15 is 0 Å². The second-order valence-corrected chi connectivity index (χ2v) is 3.66. The predicted octanol–water partition coefficient (Wildman–Crippen LogP) is 3.64. The van der Waals surface area contributed by atoms with Crippen LogP contribution in [0.5, 0.6) is 0 Å². The maximum absolute atomic E-state index is 5.34. The fourth-order valence-electron chi connectivity index (χ4n) is 0.382. The highest BCUT2D eigenvalue weighted by atomic mass is 35.5. The van der Waals surface area contributed by atoms with Crippen molar-refractivity contribution in [3.05, 3.63) is 21.1 Å².